The number of amides is 2. The van der Waals surface area contributed by atoms with E-state index in [0.29, 0.717) is 30.3 Å². The van der Waals surface area contributed by atoms with Crippen molar-refractivity contribution in [3.05, 3.63) is 53.6 Å². The molecule has 7 heteroatoms. The molecule has 0 bridgehead atoms. The molecule has 0 aromatic heterocycles. The standard InChI is InChI=1S/C24H33N3O4/c1-7-31-21-13-10-19(14-22(21)30-6)15-26(4)18(3)24(29)27(5)16-23(28)25-20-11-8-17(2)9-12-20/h8-14,18H,7,15-16H2,1-6H3,(H,25,28)/t18-/m1/s1. The van der Waals surface area contributed by atoms with Gasteiger partial charge in [0.2, 0.25) is 11.8 Å². The molecular formula is C24H33N3O4. The van der Waals surface area contributed by atoms with Crippen molar-refractivity contribution < 1.29 is 19.1 Å². The van der Waals surface area contributed by atoms with Crippen molar-refractivity contribution in [2.24, 2.45) is 0 Å². The van der Waals surface area contributed by atoms with Gasteiger partial charge in [-0.1, -0.05) is 23.8 Å². The summed E-state index contributed by atoms with van der Waals surface area (Å²) in [5.41, 5.74) is 2.83. The monoisotopic (exact) mass is 427 g/mol. The van der Waals surface area contributed by atoms with Crippen LogP contribution in [-0.2, 0) is 16.1 Å². The van der Waals surface area contributed by atoms with Crippen LogP contribution < -0.4 is 14.8 Å². The fourth-order valence-electron chi connectivity index (χ4n) is 3.15. The van der Waals surface area contributed by atoms with Crippen LogP contribution in [0.3, 0.4) is 0 Å². The van der Waals surface area contributed by atoms with E-state index in [1.807, 2.05) is 75.2 Å². The Kier molecular flexibility index (Phi) is 8.88. The lowest BCUT2D eigenvalue weighted by molar-refractivity contribution is -0.137. The molecule has 0 aliphatic heterocycles. The Labute approximate surface area is 184 Å². The lowest BCUT2D eigenvalue weighted by atomic mass is 10.1. The topological polar surface area (TPSA) is 71.1 Å². The van der Waals surface area contributed by atoms with E-state index in [1.54, 1.807) is 14.2 Å². The number of anilines is 1. The molecule has 1 N–H and O–H groups in total. The van der Waals surface area contributed by atoms with Crippen molar-refractivity contribution in [1.82, 2.24) is 9.80 Å². The average molecular weight is 428 g/mol. The molecule has 2 aromatic rings. The van der Waals surface area contributed by atoms with Crippen molar-refractivity contribution >= 4 is 17.5 Å². The fraction of sp³-hybridized carbons (Fsp3) is 0.417. The van der Waals surface area contributed by atoms with E-state index in [0.717, 1.165) is 11.1 Å². The molecule has 0 radical (unpaired) electrons. The predicted molar refractivity (Wildman–Crippen MR) is 123 cm³/mol. The van der Waals surface area contributed by atoms with Gasteiger partial charge in [0.15, 0.2) is 11.5 Å². The van der Waals surface area contributed by atoms with Gasteiger partial charge in [0.05, 0.1) is 26.3 Å². The highest BCUT2D eigenvalue weighted by atomic mass is 16.5. The summed E-state index contributed by atoms with van der Waals surface area (Å²) in [6.07, 6.45) is 0. The summed E-state index contributed by atoms with van der Waals surface area (Å²) in [5.74, 6) is 1.00. The third-order valence-electron chi connectivity index (χ3n) is 5.07. The van der Waals surface area contributed by atoms with E-state index in [4.69, 9.17) is 9.47 Å². The number of nitrogens with zero attached hydrogens (tertiary/aromatic N) is 2. The number of benzene rings is 2. The van der Waals surface area contributed by atoms with E-state index in [-0.39, 0.29) is 18.4 Å². The van der Waals surface area contributed by atoms with Crippen molar-refractivity contribution in [2.75, 3.05) is 39.7 Å². The molecule has 0 unspecified atom stereocenters. The second-order valence-corrected chi connectivity index (χ2v) is 7.62. The van der Waals surface area contributed by atoms with Crippen molar-refractivity contribution in [2.45, 2.75) is 33.4 Å². The van der Waals surface area contributed by atoms with E-state index in [1.165, 1.54) is 4.90 Å². The van der Waals surface area contributed by atoms with Gasteiger partial charge in [0, 0.05) is 19.3 Å². The Hall–Kier alpha value is -3.06. The smallest absolute Gasteiger partial charge is 0.243 e. The zero-order valence-corrected chi connectivity index (χ0v) is 19.3. The minimum Gasteiger partial charge on any atom is -0.493 e. The molecule has 31 heavy (non-hydrogen) atoms. The van der Waals surface area contributed by atoms with Crippen LogP contribution in [-0.4, -0.2) is 62.0 Å². The maximum Gasteiger partial charge on any atom is 0.243 e. The second-order valence-electron chi connectivity index (χ2n) is 7.62. The third-order valence-corrected chi connectivity index (χ3v) is 5.07. The number of rotatable bonds is 10. The van der Waals surface area contributed by atoms with Gasteiger partial charge in [-0.25, -0.2) is 0 Å². The highest BCUT2D eigenvalue weighted by molar-refractivity contribution is 5.95. The molecule has 168 valence electrons. The van der Waals surface area contributed by atoms with Crippen molar-refractivity contribution in [3.63, 3.8) is 0 Å². The second kappa shape index (κ2) is 11.4. The number of methoxy groups -OCH3 is 1. The van der Waals surface area contributed by atoms with Crippen LogP contribution in [0.5, 0.6) is 11.5 Å². The zero-order chi connectivity index (χ0) is 23.0. The van der Waals surface area contributed by atoms with Gasteiger partial charge in [-0.15, -0.1) is 0 Å². The van der Waals surface area contributed by atoms with Crippen LogP contribution in [0.2, 0.25) is 0 Å². The van der Waals surface area contributed by atoms with Gasteiger partial charge in [-0.3, -0.25) is 14.5 Å². The van der Waals surface area contributed by atoms with E-state index in [9.17, 15) is 9.59 Å². The number of aryl methyl sites for hydroxylation is 1. The van der Waals surface area contributed by atoms with Crippen LogP contribution in [0.25, 0.3) is 0 Å². The van der Waals surface area contributed by atoms with Crippen molar-refractivity contribution in [3.8, 4) is 11.5 Å². The summed E-state index contributed by atoms with van der Waals surface area (Å²) in [6, 6.07) is 12.9. The van der Waals surface area contributed by atoms with Gasteiger partial charge in [0.1, 0.15) is 0 Å². The molecule has 0 aliphatic rings. The maximum absolute atomic E-state index is 12.8. The molecule has 0 saturated heterocycles. The first kappa shape index (κ1) is 24.2. The molecule has 0 heterocycles. The van der Waals surface area contributed by atoms with Crippen LogP contribution >= 0.6 is 0 Å². The Balaban J connectivity index is 1.93. The number of hydrogen-bond donors (Lipinski definition) is 1. The minimum absolute atomic E-state index is 0.0121. The Morgan fingerprint density at radius 3 is 2.35 bits per heavy atom. The van der Waals surface area contributed by atoms with E-state index < -0.39 is 6.04 Å². The highest BCUT2D eigenvalue weighted by Crippen LogP contribution is 2.28. The van der Waals surface area contributed by atoms with Crippen LogP contribution in [0.1, 0.15) is 25.0 Å². The minimum atomic E-state index is -0.394. The lowest BCUT2D eigenvalue weighted by Gasteiger charge is -2.28. The molecule has 2 aromatic carbocycles. The molecule has 1 atom stereocenters. The molecular weight excluding hydrogens is 394 g/mol. The first-order valence-electron chi connectivity index (χ1n) is 10.4. The average Bonchev–Trinajstić information content (AvgIpc) is 2.75. The number of ether oxygens (including phenoxy) is 2. The predicted octanol–water partition coefficient (Wildman–Crippen LogP) is 3.32. The summed E-state index contributed by atoms with van der Waals surface area (Å²) in [4.78, 5) is 28.5. The third kappa shape index (κ3) is 7.00. The number of carbonyl (C=O) groups is 2. The number of nitrogens with one attached hydrogen (secondary N) is 1. The van der Waals surface area contributed by atoms with Gasteiger partial charge < -0.3 is 19.7 Å². The van der Waals surface area contributed by atoms with Crippen LogP contribution in [0.15, 0.2) is 42.5 Å². The van der Waals surface area contributed by atoms with Crippen LogP contribution in [0.4, 0.5) is 5.69 Å². The number of likely N-dealkylation sites (N-methyl/N-ethyl adjacent to an activating group) is 2. The first-order valence-corrected chi connectivity index (χ1v) is 10.4. The molecule has 2 amide bonds. The molecule has 0 saturated carbocycles. The SMILES string of the molecule is CCOc1ccc(CN(C)[C@H](C)C(=O)N(C)CC(=O)Nc2ccc(C)cc2)cc1OC. The quantitative estimate of drug-likeness (QED) is 0.630. The van der Waals surface area contributed by atoms with Gasteiger partial charge in [-0.2, -0.15) is 0 Å². The Morgan fingerprint density at radius 2 is 1.74 bits per heavy atom. The summed E-state index contributed by atoms with van der Waals surface area (Å²) >= 11 is 0. The number of hydrogen-bond acceptors (Lipinski definition) is 5. The lowest BCUT2D eigenvalue weighted by Crippen LogP contribution is -2.46. The number of carbonyl (C=O) groups excluding carboxylic acids is 2. The Morgan fingerprint density at radius 1 is 1.06 bits per heavy atom. The van der Waals surface area contributed by atoms with E-state index >= 15 is 0 Å². The normalized spacial score (nSPS) is 11.7. The largest absolute Gasteiger partial charge is 0.493 e. The Bertz CT molecular complexity index is 883. The molecule has 0 aliphatic carbocycles. The zero-order valence-electron chi connectivity index (χ0n) is 19.3. The van der Waals surface area contributed by atoms with Crippen LogP contribution in [0, 0.1) is 6.92 Å². The van der Waals surface area contributed by atoms with Gasteiger partial charge >= 0.3 is 0 Å². The maximum atomic E-state index is 12.8. The van der Waals surface area contributed by atoms with Gasteiger partial charge in [0.25, 0.3) is 0 Å². The fourth-order valence-corrected chi connectivity index (χ4v) is 3.15. The molecule has 0 fully saturated rings. The first-order chi connectivity index (χ1) is 14.7. The molecule has 0 spiro atoms. The summed E-state index contributed by atoms with van der Waals surface area (Å²) in [7, 11) is 5.13. The molecule has 2 rings (SSSR count). The molecule has 7 nitrogen and oxygen atoms in total. The van der Waals surface area contributed by atoms with Crippen molar-refractivity contribution in [1.29, 1.82) is 0 Å². The summed E-state index contributed by atoms with van der Waals surface area (Å²) in [6.45, 7) is 6.85. The highest BCUT2D eigenvalue weighted by Gasteiger charge is 2.23. The summed E-state index contributed by atoms with van der Waals surface area (Å²) in [5, 5.41) is 2.82. The van der Waals surface area contributed by atoms with Gasteiger partial charge in [-0.05, 0) is 57.6 Å². The summed E-state index contributed by atoms with van der Waals surface area (Å²) < 4.78 is 11.0. The van der Waals surface area contributed by atoms with E-state index in [2.05, 4.69) is 5.32 Å².